The lowest BCUT2D eigenvalue weighted by Gasteiger charge is -1.92. The Balaban J connectivity index is -0.000000208. The van der Waals surface area contributed by atoms with Crippen LogP contribution in [0.5, 0.6) is 0 Å². The fraction of sp³-hybridized carbons (Fsp3) is 0.600. The molecular formula is C15H30. The van der Waals surface area contributed by atoms with Gasteiger partial charge in [0.25, 0.3) is 0 Å². The maximum Gasteiger partial charge on any atom is -0.0273 e. The van der Waals surface area contributed by atoms with Crippen LogP contribution in [0.2, 0.25) is 0 Å². The van der Waals surface area contributed by atoms with Crippen molar-refractivity contribution in [3.63, 3.8) is 0 Å². The van der Waals surface area contributed by atoms with E-state index in [-0.39, 0.29) is 0 Å². The average Bonchev–Trinajstić information content (AvgIpc) is 2.84. The number of hydrogen-bond donors (Lipinski definition) is 0. The Morgan fingerprint density at radius 3 is 1.20 bits per heavy atom. The Hall–Kier alpha value is -0.780. The predicted octanol–water partition coefficient (Wildman–Crippen LogP) is 5.92. The van der Waals surface area contributed by atoms with E-state index in [1.165, 1.54) is 30.4 Å². The van der Waals surface area contributed by atoms with Crippen LogP contribution in [0.25, 0.3) is 0 Å². The highest BCUT2D eigenvalue weighted by molar-refractivity contribution is 5.34. The lowest BCUT2D eigenvalue weighted by atomic mass is 10.1. The molecule has 0 nitrogen and oxygen atoms in total. The molecule has 0 atom stereocenters. The van der Waals surface area contributed by atoms with E-state index in [9.17, 15) is 0 Å². The second-order valence-electron chi connectivity index (χ2n) is 2.31. The van der Waals surface area contributed by atoms with Crippen LogP contribution < -0.4 is 0 Å². The first-order valence-electron chi connectivity index (χ1n) is 6.35. The number of hydrogen-bond acceptors (Lipinski definition) is 0. The van der Waals surface area contributed by atoms with E-state index in [0.717, 1.165) is 0 Å². The van der Waals surface area contributed by atoms with Gasteiger partial charge in [-0.1, -0.05) is 66.9 Å². The van der Waals surface area contributed by atoms with Crippen molar-refractivity contribution in [2.45, 2.75) is 60.8 Å². The van der Waals surface area contributed by atoms with Crippen molar-refractivity contribution in [2.75, 3.05) is 0 Å². The van der Waals surface area contributed by atoms with Gasteiger partial charge in [0.2, 0.25) is 0 Å². The average molecular weight is 210 g/mol. The lowest BCUT2D eigenvalue weighted by molar-refractivity contribution is 0.907. The normalized spacial score (nSPS) is 12.1. The van der Waals surface area contributed by atoms with E-state index in [1.54, 1.807) is 0 Å². The van der Waals surface area contributed by atoms with Crippen molar-refractivity contribution in [2.24, 2.45) is 0 Å². The maximum atomic E-state index is 3.74. The van der Waals surface area contributed by atoms with E-state index in [4.69, 9.17) is 0 Å². The molecule has 1 aliphatic rings. The molecule has 0 N–H and O–H groups in total. The second-order valence-corrected chi connectivity index (χ2v) is 2.31. The summed E-state index contributed by atoms with van der Waals surface area (Å²) in [5.74, 6) is 0. The van der Waals surface area contributed by atoms with Gasteiger partial charge in [-0.15, -0.1) is 0 Å². The van der Waals surface area contributed by atoms with Crippen LogP contribution in [0.4, 0.5) is 0 Å². The Labute approximate surface area is 97.8 Å². The highest BCUT2D eigenvalue weighted by Crippen LogP contribution is 2.26. The molecule has 0 aromatic carbocycles. The van der Waals surface area contributed by atoms with Crippen molar-refractivity contribution in [1.29, 1.82) is 0 Å². The first-order chi connectivity index (χ1) is 7.38. The van der Waals surface area contributed by atoms with Gasteiger partial charge in [0.1, 0.15) is 0 Å². The quantitative estimate of drug-likeness (QED) is 0.531. The zero-order chi connectivity index (χ0) is 12.7. The molecule has 0 radical (unpaired) electrons. The van der Waals surface area contributed by atoms with Crippen LogP contribution in [0, 0.1) is 0 Å². The summed E-state index contributed by atoms with van der Waals surface area (Å²) in [5.41, 5.74) is 2.79. The van der Waals surface area contributed by atoms with Crippen molar-refractivity contribution in [3.05, 3.63) is 36.5 Å². The highest BCUT2D eigenvalue weighted by atomic mass is 14.1. The summed E-state index contributed by atoms with van der Waals surface area (Å²) in [6.45, 7) is 19.5. The van der Waals surface area contributed by atoms with E-state index >= 15 is 0 Å². The molecule has 0 saturated heterocycles. The fourth-order valence-electron chi connectivity index (χ4n) is 1.26. The number of allylic oxidation sites excluding steroid dienone is 4. The SMILES string of the molecule is C=CC1=C(C=C)CCC1.CC.CC.CC. The van der Waals surface area contributed by atoms with Crippen molar-refractivity contribution >= 4 is 0 Å². The summed E-state index contributed by atoms with van der Waals surface area (Å²) in [7, 11) is 0. The molecule has 1 rings (SSSR count). The van der Waals surface area contributed by atoms with Crippen LogP contribution in [-0.2, 0) is 0 Å². The molecule has 0 aliphatic heterocycles. The van der Waals surface area contributed by atoms with Gasteiger partial charge in [-0.2, -0.15) is 0 Å². The summed E-state index contributed by atoms with van der Waals surface area (Å²) < 4.78 is 0. The fourth-order valence-corrected chi connectivity index (χ4v) is 1.26. The van der Waals surface area contributed by atoms with E-state index in [1.807, 2.05) is 53.7 Å². The van der Waals surface area contributed by atoms with Gasteiger partial charge in [0.15, 0.2) is 0 Å². The first-order valence-corrected chi connectivity index (χ1v) is 6.35. The third kappa shape index (κ3) is 9.52. The molecule has 0 amide bonds. The molecule has 0 aromatic rings. The molecule has 1 aliphatic carbocycles. The first kappa shape index (κ1) is 19.7. The van der Waals surface area contributed by atoms with Gasteiger partial charge in [0, 0.05) is 0 Å². The Kier molecular flexibility index (Phi) is 24.9. The van der Waals surface area contributed by atoms with Crippen molar-refractivity contribution < 1.29 is 0 Å². The summed E-state index contributed by atoms with van der Waals surface area (Å²) >= 11 is 0. The Morgan fingerprint density at radius 2 is 1.00 bits per heavy atom. The monoisotopic (exact) mass is 210 g/mol. The molecule has 90 valence electrons. The Morgan fingerprint density at radius 1 is 0.733 bits per heavy atom. The van der Waals surface area contributed by atoms with Gasteiger partial charge >= 0.3 is 0 Å². The molecule has 0 unspecified atom stereocenters. The minimum Gasteiger partial charge on any atom is -0.0988 e. The zero-order valence-electron chi connectivity index (χ0n) is 11.7. The van der Waals surface area contributed by atoms with Gasteiger partial charge < -0.3 is 0 Å². The third-order valence-corrected chi connectivity index (χ3v) is 1.80. The third-order valence-electron chi connectivity index (χ3n) is 1.80. The Bertz CT molecular complexity index is 143. The summed E-state index contributed by atoms with van der Waals surface area (Å²) in [4.78, 5) is 0. The van der Waals surface area contributed by atoms with Crippen molar-refractivity contribution in [1.82, 2.24) is 0 Å². The van der Waals surface area contributed by atoms with Crippen LogP contribution >= 0.6 is 0 Å². The molecule has 0 fully saturated rings. The van der Waals surface area contributed by atoms with Crippen molar-refractivity contribution in [3.8, 4) is 0 Å². The van der Waals surface area contributed by atoms with E-state index < -0.39 is 0 Å². The topological polar surface area (TPSA) is 0 Å². The lowest BCUT2D eigenvalue weighted by Crippen LogP contribution is -1.71. The molecule has 0 spiro atoms. The maximum absolute atomic E-state index is 3.74. The van der Waals surface area contributed by atoms with E-state index in [2.05, 4.69) is 13.2 Å². The molecule has 0 aromatic heterocycles. The highest BCUT2D eigenvalue weighted by Gasteiger charge is 2.07. The van der Waals surface area contributed by atoms with Gasteiger partial charge in [-0.05, 0) is 30.4 Å². The van der Waals surface area contributed by atoms with Crippen LogP contribution in [0.1, 0.15) is 60.8 Å². The molecule has 0 saturated carbocycles. The standard InChI is InChI=1S/C9H12.3C2H6/c1-3-8-6-5-7-9(8)4-2;3*1-2/h3-4H,1-2,5-7H2;3*1-2H3. The molecule has 0 heteroatoms. The van der Waals surface area contributed by atoms with Gasteiger partial charge in [0.05, 0.1) is 0 Å². The largest absolute Gasteiger partial charge is 0.0988 e. The molecular weight excluding hydrogens is 180 g/mol. The number of rotatable bonds is 2. The van der Waals surface area contributed by atoms with Crippen LogP contribution in [0.15, 0.2) is 36.5 Å². The zero-order valence-corrected chi connectivity index (χ0v) is 11.7. The minimum absolute atomic E-state index is 1.20. The second kappa shape index (κ2) is 18.9. The van der Waals surface area contributed by atoms with Gasteiger partial charge in [-0.3, -0.25) is 0 Å². The molecule has 0 bridgehead atoms. The van der Waals surface area contributed by atoms with E-state index in [0.29, 0.717) is 0 Å². The van der Waals surface area contributed by atoms with Gasteiger partial charge in [-0.25, -0.2) is 0 Å². The van der Waals surface area contributed by atoms with Crippen LogP contribution in [0.3, 0.4) is 0 Å². The summed E-state index contributed by atoms with van der Waals surface area (Å²) in [6.07, 6.45) is 7.58. The molecule has 15 heavy (non-hydrogen) atoms. The minimum atomic E-state index is 1.20. The summed E-state index contributed by atoms with van der Waals surface area (Å²) in [5, 5.41) is 0. The smallest absolute Gasteiger partial charge is 0.0273 e. The summed E-state index contributed by atoms with van der Waals surface area (Å²) in [6, 6.07) is 0. The molecule has 0 heterocycles. The predicted molar refractivity (Wildman–Crippen MR) is 75.3 cm³/mol. The van der Waals surface area contributed by atoms with Crippen LogP contribution in [-0.4, -0.2) is 0 Å².